The summed E-state index contributed by atoms with van der Waals surface area (Å²) in [5.41, 5.74) is 3.29. The Morgan fingerprint density at radius 2 is 1.70 bits per heavy atom. The second-order valence-corrected chi connectivity index (χ2v) is 4.80. The molecule has 0 saturated carbocycles. The Morgan fingerprint density at radius 1 is 0.900 bits per heavy atom. The predicted molar refractivity (Wildman–Crippen MR) is 77.4 cm³/mol. The molecule has 2 heterocycles. The van der Waals surface area contributed by atoms with Gasteiger partial charge >= 0.3 is 0 Å². The fraction of sp³-hybridized carbons (Fsp3) is 0.176. The van der Waals surface area contributed by atoms with Crippen molar-refractivity contribution in [3.8, 4) is 0 Å². The van der Waals surface area contributed by atoms with Crippen molar-refractivity contribution in [3.63, 3.8) is 0 Å². The number of aliphatic hydroxyl groups excluding tert-OH is 1. The minimum Gasteiger partial charge on any atom is -0.469 e. The van der Waals surface area contributed by atoms with E-state index in [1.54, 1.807) is 6.26 Å². The van der Waals surface area contributed by atoms with Gasteiger partial charge in [-0.2, -0.15) is 0 Å². The predicted octanol–water partition coefficient (Wildman–Crippen LogP) is 3.21. The maximum absolute atomic E-state index is 9.49. The van der Waals surface area contributed by atoms with Crippen LogP contribution in [0.2, 0.25) is 0 Å². The van der Waals surface area contributed by atoms with Crippen molar-refractivity contribution in [3.05, 3.63) is 83.6 Å². The normalized spacial score (nSPS) is 10.8. The second-order valence-electron chi connectivity index (χ2n) is 4.80. The highest BCUT2D eigenvalue weighted by Gasteiger charge is 2.10. The number of benzene rings is 1. The van der Waals surface area contributed by atoms with Gasteiger partial charge in [0.2, 0.25) is 0 Å². The van der Waals surface area contributed by atoms with E-state index in [1.807, 2.05) is 36.4 Å². The summed E-state index contributed by atoms with van der Waals surface area (Å²) in [6.45, 7) is 0.810. The van der Waals surface area contributed by atoms with Crippen LogP contribution in [0.3, 0.4) is 0 Å². The molecule has 102 valence electrons. The molecule has 0 bridgehead atoms. The molecule has 0 saturated heterocycles. The molecule has 1 aromatic carbocycles. The summed E-state index contributed by atoms with van der Waals surface area (Å²) < 4.78 is 7.56. The fourth-order valence-corrected chi connectivity index (χ4v) is 2.41. The lowest BCUT2D eigenvalue weighted by Gasteiger charge is -2.12. The van der Waals surface area contributed by atoms with E-state index >= 15 is 0 Å². The highest BCUT2D eigenvalue weighted by molar-refractivity contribution is 5.24. The van der Waals surface area contributed by atoms with Gasteiger partial charge in [0.1, 0.15) is 5.76 Å². The van der Waals surface area contributed by atoms with Gasteiger partial charge < -0.3 is 14.1 Å². The zero-order valence-electron chi connectivity index (χ0n) is 11.2. The molecule has 2 aromatic heterocycles. The highest BCUT2D eigenvalue weighted by atomic mass is 16.3. The zero-order chi connectivity index (χ0) is 13.8. The van der Waals surface area contributed by atoms with Crippen LogP contribution in [0, 0.1) is 0 Å². The maximum Gasteiger partial charge on any atom is 0.109 e. The van der Waals surface area contributed by atoms with Crippen molar-refractivity contribution in [2.24, 2.45) is 0 Å². The number of aromatic nitrogens is 1. The molecule has 0 amide bonds. The highest BCUT2D eigenvalue weighted by Crippen LogP contribution is 2.17. The number of hydrogen-bond donors (Lipinski definition) is 1. The van der Waals surface area contributed by atoms with Crippen molar-refractivity contribution in [1.29, 1.82) is 0 Å². The number of rotatable bonds is 5. The summed E-state index contributed by atoms with van der Waals surface area (Å²) in [6, 6.07) is 18.2. The molecule has 3 aromatic rings. The lowest BCUT2D eigenvalue weighted by Crippen LogP contribution is -2.08. The van der Waals surface area contributed by atoms with Crippen LogP contribution in [0.5, 0.6) is 0 Å². The zero-order valence-corrected chi connectivity index (χ0v) is 11.2. The molecule has 0 atom stereocenters. The van der Waals surface area contributed by atoms with E-state index in [4.69, 9.17) is 4.42 Å². The first-order chi connectivity index (χ1) is 9.86. The van der Waals surface area contributed by atoms with Crippen molar-refractivity contribution in [1.82, 2.24) is 4.57 Å². The van der Waals surface area contributed by atoms with Crippen LogP contribution < -0.4 is 0 Å². The standard InChI is InChI=1S/C17H17NO2/c19-13-16-9-8-15(11-17-7-4-10-20-17)18(16)12-14-5-2-1-3-6-14/h1-10,19H,11-13H2. The first-order valence-electron chi connectivity index (χ1n) is 6.71. The van der Waals surface area contributed by atoms with E-state index in [1.165, 1.54) is 5.56 Å². The number of hydrogen-bond acceptors (Lipinski definition) is 2. The lowest BCUT2D eigenvalue weighted by atomic mass is 10.2. The Kier molecular flexibility index (Phi) is 3.70. The van der Waals surface area contributed by atoms with E-state index in [0.29, 0.717) is 0 Å². The van der Waals surface area contributed by atoms with Crippen molar-refractivity contribution in [2.45, 2.75) is 19.6 Å². The molecule has 0 unspecified atom stereocenters. The SMILES string of the molecule is OCc1ccc(Cc2ccco2)n1Cc1ccccc1. The average Bonchev–Trinajstić information content (AvgIpc) is 3.11. The molecule has 3 nitrogen and oxygen atoms in total. The van der Waals surface area contributed by atoms with Crippen LogP contribution in [-0.2, 0) is 19.6 Å². The Labute approximate surface area is 118 Å². The number of nitrogens with zero attached hydrogens (tertiary/aromatic N) is 1. The van der Waals surface area contributed by atoms with Crippen molar-refractivity contribution >= 4 is 0 Å². The fourth-order valence-electron chi connectivity index (χ4n) is 2.41. The number of furan rings is 1. The second kappa shape index (κ2) is 5.80. The summed E-state index contributed by atoms with van der Waals surface area (Å²) in [4.78, 5) is 0. The molecule has 3 heteroatoms. The minimum atomic E-state index is 0.0466. The molecule has 3 rings (SSSR count). The summed E-state index contributed by atoms with van der Waals surface area (Å²) in [6.07, 6.45) is 2.42. The molecule has 0 spiro atoms. The number of aliphatic hydroxyl groups is 1. The summed E-state index contributed by atoms with van der Waals surface area (Å²) in [5, 5.41) is 9.49. The summed E-state index contributed by atoms with van der Waals surface area (Å²) >= 11 is 0. The van der Waals surface area contributed by atoms with Crippen LogP contribution >= 0.6 is 0 Å². The van der Waals surface area contributed by atoms with Gasteiger partial charge in [-0.25, -0.2) is 0 Å². The Bertz CT molecular complexity index is 654. The van der Waals surface area contributed by atoms with Crippen LogP contribution in [0.1, 0.15) is 22.7 Å². The van der Waals surface area contributed by atoms with Gasteiger partial charge in [-0.3, -0.25) is 0 Å². The monoisotopic (exact) mass is 267 g/mol. The third-order valence-electron chi connectivity index (χ3n) is 3.44. The van der Waals surface area contributed by atoms with E-state index in [-0.39, 0.29) is 6.61 Å². The molecule has 0 fully saturated rings. The van der Waals surface area contributed by atoms with Crippen LogP contribution in [0.4, 0.5) is 0 Å². The van der Waals surface area contributed by atoms with Gasteiger partial charge in [0.05, 0.1) is 12.9 Å². The Morgan fingerprint density at radius 3 is 2.40 bits per heavy atom. The van der Waals surface area contributed by atoms with Crippen LogP contribution in [-0.4, -0.2) is 9.67 Å². The van der Waals surface area contributed by atoms with Gasteiger partial charge in [0.15, 0.2) is 0 Å². The van der Waals surface area contributed by atoms with Crippen LogP contribution in [0.15, 0.2) is 65.3 Å². The van der Waals surface area contributed by atoms with E-state index in [0.717, 1.165) is 30.1 Å². The van der Waals surface area contributed by atoms with E-state index in [9.17, 15) is 5.11 Å². The molecule has 0 radical (unpaired) electrons. The third kappa shape index (κ3) is 2.68. The lowest BCUT2D eigenvalue weighted by molar-refractivity contribution is 0.271. The van der Waals surface area contributed by atoms with E-state index < -0.39 is 0 Å². The molecular formula is C17H17NO2. The van der Waals surface area contributed by atoms with E-state index in [2.05, 4.69) is 22.8 Å². The Hall–Kier alpha value is -2.26. The molecule has 0 aliphatic carbocycles. The molecular weight excluding hydrogens is 250 g/mol. The molecule has 0 aliphatic rings. The van der Waals surface area contributed by atoms with Crippen molar-refractivity contribution < 1.29 is 9.52 Å². The van der Waals surface area contributed by atoms with Gasteiger partial charge in [-0.15, -0.1) is 0 Å². The average molecular weight is 267 g/mol. The quantitative estimate of drug-likeness (QED) is 0.771. The largest absolute Gasteiger partial charge is 0.469 e. The van der Waals surface area contributed by atoms with Crippen molar-refractivity contribution in [2.75, 3.05) is 0 Å². The maximum atomic E-state index is 9.49. The third-order valence-corrected chi connectivity index (χ3v) is 3.44. The van der Waals surface area contributed by atoms with Gasteiger partial charge in [-0.05, 0) is 29.8 Å². The first kappa shape index (κ1) is 12.8. The van der Waals surface area contributed by atoms with Gasteiger partial charge in [-0.1, -0.05) is 30.3 Å². The topological polar surface area (TPSA) is 38.3 Å². The van der Waals surface area contributed by atoms with Gasteiger partial charge in [0.25, 0.3) is 0 Å². The van der Waals surface area contributed by atoms with Crippen LogP contribution in [0.25, 0.3) is 0 Å². The first-order valence-corrected chi connectivity index (χ1v) is 6.71. The smallest absolute Gasteiger partial charge is 0.109 e. The summed E-state index contributed by atoms with van der Waals surface area (Å²) in [5.74, 6) is 0.932. The molecule has 20 heavy (non-hydrogen) atoms. The van der Waals surface area contributed by atoms with Gasteiger partial charge in [0, 0.05) is 24.4 Å². The Balaban J connectivity index is 1.89. The molecule has 1 N–H and O–H groups in total. The summed E-state index contributed by atoms with van der Waals surface area (Å²) in [7, 11) is 0. The minimum absolute atomic E-state index is 0.0466. The molecule has 0 aliphatic heterocycles.